The van der Waals surface area contributed by atoms with Gasteiger partial charge in [0.05, 0.1) is 27.0 Å². The molecule has 2 aromatic heterocycles. The second-order valence-electron chi connectivity index (χ2n) is 7.26. The zero-order chi connectivity index (χ0) is 21.9. The number of pyridine rings is 1. The molecule has 0 radical (unpaired) electrons. The fourth-order valence-corrected chi connectivity index (χ4v) is 4.45. The van der Waals surface area contributed by atoms with Crippen molar-refractivity contribution in [3.8, 4) is 0 Å². The number of halogens is 3. The second-order valence-corrected chi connectivity index (χ2v) is 8.99. The van der Waals surface area contributed by atoms with E-state index in [0.717, 1.165) is 10.0 Å². The molecular weight excluding hydrogens is 503 g/mol. The Balaban J connectivity index is 1.83. The van der Waals surface area contributed by atoms with Gasteiger partial charge in [0, 0.05) is 10.7 Å². The molecule has 1 atom stereocenters. The van der Waals surface area contributed by atoms with Crippen molar-refractivity contribution in [2.75, 3.05) is 4.90 Å². The summed E-state index contributed by atoms with van der Waals surface area (Å²) in [6, 6.07) is 13.0. The first-order valence-electron chi connectivity index (χ1n) is 9.32. The molecule has 31 heavy (non-hydrogen) atoms. The molecule has 8 heteroatoms. The van der Waals surface area contributed by atoms with E-state index in [1.165, 1.54) is 4.90 Å². The minimum absolute atomic E-state index is 0.00160. The summed E-state index contributed by atoms with van der Waals surface area (Å²) in [4.78, 5) is 32.9. The number of anilines is 1. The Kier molecular flexibility index (Phi) is 4.88. The van der Waals surface area contributed by atoms with Crippen molar-refractivity contribution >= 4 is 61.8 Å². The van der Waals surface area contributed by atoms with Crippen LogP contribution in [0.4, 0.5) is 5.82 Å². The summed E-state index contributed by atoms with van der Waals surface area (Å²) in [5.41, 5.74) is 1.88. The topological polar surface area (TPSA) is 63.4 Å². The molecule has 5 nitrogen and oxygen atoms in total. The first kappa shape index (κ1) is 20.2. The molecule has 3 heterocycles. The molecule has 0 spiro atoms. The Morgan fingerprint density at radius 1 is 1.03 bits per heavy atom. The number of nitrogens with zero attached hydrogens (tertiary/aromatic N) is 2. The van der Waals surface area contributed by atoms with Crippen LogP contribution in [0, 0.1) is 6.92 Å². The van der Waals surface area contributed by atoms with Crippen molar-refractivity contribution < 1.29 is 9.21 Å². The van der Waals surface area contributed by atoms with Crippen LogP contribution in [0.2, 0.25) is 10.0 Å². The van der Waals surface area contributed by atoms with Crippen molar-refractivity contribution in [3.05, 3.63) is 102 Å². The van der Waals surface area contributed by atoms with Crippen LogP contribution >= 0.6 is 39.1 Å². The van der Waals surface area contributed by atoms with Crippen molar-refractivity contribution in [3.63, 3.8) is 0 Å². The van der Waals surface area contributed by atoms with Crippen LogP contribution in [0.5, 0.6) is 0 Å². The minimum Gasteiger partial charge on any atom is -0.450 e. The third-order valence-corrected chi connectivity index (χ3v) is 6.47. The van der Waals surface area contributed by atoms with Gasteiger partial charge in [0.2, 0.25) is 5.76 Å². The van der Waals surface area contributed by atoms with Gasteiger partial charge in [-0.1, -0.05) is 51.3 Å². The number of benzene rings is 2. The number of fused-ring (bicyclic) bond motifs is 2. The number of carbonyl (C=O) groups excluding carboxylic acids is 1. The molecule has 0 saturated carbocycles. The number of rotatable bonds is 2. The van der Waals surface area contributed by atoms with E-state index in [4.69, 9.17) is 27.6 Å². The van der Waals surface area contributed by atoms with E-state index in [1.807, 2.05) is 13.0 Å². The van der Waals surface area contributed by atoms with Crippen LogP contribution in [0.3, 0.4) is 0 Å². The van der Waals surface area contributed by atoms with Gasteiger partial charge in [-0.05, 0) is 54.4 Å². The van der Waals surface area contributed by atoms with Crippen molar-refractivity contribution in [1.29, 1.82) is 0 Å². The highest BCUT2D eigenvalue weighted by Gasteiger charge is 2.44. The molecule has 0 saturated heterocycles. The number of carbonyl (C=O) groups is 1. The molecule has 1 aliphatic heterocycles. The van der Waals surface area contributed by atoms with Gasteiger partial charge in [-0.3, -0.25) is 14.5 Å². The van der Waals surface area contributed by atoms with E-state index in [-0.39, 0.29) is 16.8 Å². The summed E-state index contributed by atoms with van der Waals surface area (Å²) in [5, 5.41) is 1.08. The number of amides is 1. The molecule has 1 aliphatic rings. The van der Waals surface area contributed by atoms with E-state index in [9.17, 15) is 9.59 Å². The Morgan fingerprint density at radius 2 is 1.84 bits per heavy atom. The second kappa shape index (κ2) is 7.48. The predicted molar refractivity (Wildman–Crippen MR) is 124 cm³/mol. The molecule has 5 rings (SSSR count). The van der Waals surface area contributed by atoms with Crippen molar-refractivity contribution in [2.45, 2.75) is 13.0 Å². The summed E-state index contributed by atoms with van der Waals surface area (Å²) in [6.45, 7) is 1.91. The van der Waals surface area contributed by atoms with E-state index >= 15 is 0 Å². The van der Waals surface area contributed by atoms with Gasteiger partial charge in [-0.15, -0.1) is 0 Å². The highest BCUT2D eigenvalue weighted by molar-refractivity contribution is 9.10. The maximum absolute atomic E-state index is 13.5. The summed E-state index contributed by atoms with van der Waals surface area (Å²) < 4.78 is 6.67. The van der Waals surface area contributed by atoms with Gasteiger partial charge < -0.3 is 4.42 Å². The predicted octanol–water partition coefficient (Wildman–Crippen LogP) is 6.32. The van der Waals surface area contributed by atoms with Gasteiger partial charge >= 0.3 is 0 Å². The van der Waals surface area contributed by atoms with Crippen molar-refractivity contribution in [1.82, 2.24) is 4.98 Å². The maximum atomic E-state index is 13.5. The maximum Gasteiger partial charge on any atom is 0.296 e. The first-order chi connectivity index (χ1) is 14.8. The van der Waals surface area contributed by atoms with Crippen LogP contribution in [-0.2, 0) is 0 Å². The number of hydrogen-bond donors (Lipinski definition) is 0. The largest absolute Gasteiger partial charge is 0.450 e. The molecule has 4 aromatic rings. The molecule has 0 N–H and O–H groups in total. The summed E-state index contributed by atoms with van der Waals surface area (Å²) in [5.74, 6) is -0.0367. The van der Waals surface area contributed by atoms with Gasteiger partial charge in [-0.25, -0.2) is 4.98 Å². The normalized spacial score (nSPS) is 15.5. The average molecular weight is 516 g/mol. The Hall–Kier alpha value is -2.67. The minimum atomic E-state index is -0.757. The van der Waals surface area contributed by atoms with Crippen LogP contribution in [0.15, 0.2) is 68.4 Å². The lowest BCUT2D eigenvalue weighted by Gasteiger charge is -2.24. The van der Waals surface area contributed by atoms with E-state index in [0.29, 0.717) is 32.4 Å². The smallest absolute Gasteiger partial charge is 0.296 e. The Bertz CT molecular complexity index is 1430. The van der Waals surface area contributed by atoms with Crippen LogP contribution in [-0.4, -0.2) is 10.9 Å². The van der Waals surface area contributed by atoms with Crippen LogP contribution < -0.4 is 10.3 Å². The van der Waals surface area contributed by atoms with E-state index in [2.05, 4.69) is 20.9 Å². The molecule has 0 fully saturated rings. The molecule has 2 aromatic carbocycles. The molecule has 154 valence electrons. The summed E-state index contributed by atoms with van der Waals surface area (Å²) in [6.07, 6.45) is 1.67. The van der Waals surface area contributed by atoms with Gasteiger partial charge in [0.25, 0.3) is 5.91 Å². The van der Waals surface area contributed by atoms with E-state index < -0.39 is 11.9 Å². The third-order valence-electron chi connectivity index (χ3n) is 5.23. The monoisotopic (exact) mass is 514 g/mol. The summed E-state index contributed by atoms with van der Waals surface area (Å²) in [7, 11) is 0. The lowest BCUT2D eigenvalue weighted by atomic mass is 9.98. The lowest BCUT2D eigenvalue weighted by Crippen LogP contribution is -2.30. The fraction of sp³-hybridized carbons (Fsp3) is 0.0870. The van der Waals surface area contributed by atoms with E-state index in [1.54, 1.807) is 48.7 Å². The number of hydrogen-bond acceptors (Lipinski definition) is 4. The van der Waals surface area contributed by atoms with Crippen LogP contribution in [0.1, 0.15) is 33.3 Å². The Labute approximate surface area is 195 Å². The number of aryl methyl sites for hydroxylation is 1. The zero-order valence-corrected chi connectivity index (χ0v) is 19.1. The molecule has 1 amide bonds. The summed E-state index contributed by atoms with van der Waals surface area (Å²) >= 11 is 15.8. The van der Waals surface area contributed by atoms with Gasteiger partial charge in [0.15, 0.2) is 5.43 Å². The SMILES string of the molecule is Cc1ccc(N2C(=O)c3oc4ccc(Br)cc4c(=O)c3C2c2ccc(Cl)c(Cl)c2)nc1. The quantitative estimate of drug-likeness (QED) is 0.313. The van der Waals surface area contributed by atoms with Crippen LogP contribution in [0.25, 0.3) is 11.0 Å². The number of aromatic nitrogens is 1. The van der Waals surface area contributed by atoms with Gasteiger partial charge in [0.1, 0.15) is 11.4 Å². The fourth-order valence-electron chi connectivity index (χ4n) is 3.78. The highest BCUT2D eigenvalue weighted by Crippen LogP contribution is 2.42. The average Bonchev–Trinajstić information content (AvgIpc) is 3.04. The lowest BCUT2D eigenvalue weighted by molar-refractivity contribution is 0.0970. The van der Waals surface area contributed by atoms with Gasteiger partial charge in [-0.2, -0.15) is 0 Å². The first-order valence-corrected chi connectivity index (χ1v) is 10.9. The Morgan fingerprint density at radius 3 is 2.55 bits per heavy atom. The third kappa shape index (κ3) is 3.26. The highest BCUT2D eigenvalue weighted by atomic mass is 79.9. The zero-order valence-electron chi connectivity index (χ0n) is 16.0. The molecule has 0 bridgehead atoms. The standard InChI is InChI=1S/C23H13BrCl2N2O3/c1-11-2-7-18(27-10-11)28-20(12-3-5-15(25)16(26)8-12)19-21(29)14-9-13(24)4-6-17(14)31-22(19)23(28)30/h2-10,20H,1H3. The molecule has 0 aliphatic carbocycles. The molecule has 1 unspecified atom stereocenters. The van der Waals surface area contributed by atoms with Crippen molar-refractivity contribution in [2.24, 2.45) is 0 Å². The molecular formula is C23H13BrCl2N2O3.